The Kier molecular flexibility index (Phi) is 11.0. The monoisotopic (exact) mass is 282 g/mol. The maximum absolute atomic E-state index is 8.48. The number of hydrogen-bond acceptors (Lipinski definition) is 2. The molecule has 0 atom stereocenters. The summed E-state index contributed by atoms with van der Waals surface area (Å²) in [6.45, 7) is 3.87. The predicted octanol–water partition coefficient (Wildman–Crippen LogP) is -3.62. The maximum atomic E-state index is 8.48. The summed E-state index contributed by atoms with van der Waals surface area (Å²) in [4.78, 5) is 3.05. The minimum Gasteiger partial charge on any atom is -1.00 e. The molecule has 6 heteroatoms. The first kappa shape index (κ1) is 19.3. The molecule has 0 saturated carbocycles. The number of nitrogen functional groups attached to an aromatic ring is 1. The fourth-order valence-corrected chi connectivity index (χ4v) is 0.910. The van der Waals surface area contributed by atoms with Crippen molar-refractivity contribution in [2.45, 2.75) is 13.8 Å². The molecule has 1 aromatic rings. The van der Waals surface area contributed by atoms with Crippen molar-refractivity contribution < 1.29 is 44.3 Å². The number of diazo groups is 1. The van der Waals surface area contributed by atoms with Crippen molar-refractivity contribution in [1.29, 1.82) is 5.39 Å². The molecule has 0 spiro atoms. The molecular weight excluding hydrogens is 274 g/mol. The number of rotatable bonds is 0. The molecule has 0 aromatic heterocycles. The van der Waals surface area contributed by atoms with E-state index >= 15 is 0 Å². The molecule has 14 heavy (non-hydrogen) atoms. The molecule has 1 rings (SSSR count). The van der Waals surface area contributed by atoms with Gasteiger partial charge < -0.3 is 30.5 Å². The van der Waals surface area contributed by atoms with Gasteiger partial charge >= 0.3 is 5.69 Å². The van der Waals surface area contributed by atoms with E-state index < -0.39 is 0 Å². The Hall–Kier alpha value is -0.357. The molecule has 0 fully saturated rings. The topological polar surface area (TPSA) is 54.2 Å². The molecule has 2 N–H and O–H groups in total. The Morgan fingerprint density at radius 3 is 2.14 bits per heavy atom. The van der Waals surface area contributed by atoms with Gasteiger partial charge in [0.2, 0.25) is 5.39 Å². The van der Waals surface area contributed by atoms with Crippen molar-refractivity contribution >= 4 is 11.4 Å². The molecule has 3 nitrogen and oxygen atoms in total. The summed E-state index contributed by atoms with van der Waals surface area (Å²) in [6, 6.07) is 3.57. The summed E-state index contributed by atoms with van der Waals surface area (Å²) in [7, 11) is 0. The van der Waals surface area contributed by atoms with Crippen LogP contribution in [-0.2, 0) is 19.5 Å². The van der Waals surface area contributed by atoms with E-state index in [0.29, 0.717) is 11.4 Å². The van der Waals surface area contributed by atoms with Crippen molar-refractivity contribution in [2.75, 3.05) is 5.73 Å². The standard InChI is InChI=1S/C8H10N3.2ClH.Zn/c1-5-3-4-7(11-10)8(9)6(5)2;;;/h3-4H,9H2,1-2H3;2*1H;/q+1;;;/p-2. The second-order valence-corrected chi connectivity index (χ2v) is 2.54. The van der Waals surface area contributed by atoms with Crippen LogP contribution in [0.1, 0.15) is 11.1 Å². The fraction of sp³-hybridized carbons (Fsp3) is 0.250. The first-order valence-electron chi connectivity index (χ1n) is 3.37. The van der Waals surface area contributed by atoms with Crippen molar-refractivity contribution in [1.82, 2.24) is 0 Å². The van der Waals surface area contributed by atoms with E-state index in [2.05, 4.69) is 4.98 Å². The second-order valence-electron chi connectivity index (χ2n) is 2.54. The normalized spacial score (nSPS) is 7.21. The first-order valence-corrected chi connectivity index (χ1v) is 3.37. The second kappa shape index (κ2) is 7.99. The number of hydrogen-bond donors (Lipinski definition) is 1. The van der Waals surface area contributed by atoms with Gasteiger partial charge in [-0.15, -0.1) is 0 Å². The van der Waals surface area contributed by atoms with E-state index in [0.717, 1.165) is 11.1 Å². The van der Waals surface area contributed by atoms with Crippen LogP contribution in [0.2, 0.25) is 0 Å². The summed E-state index contributed by atoms with van der Waals surface area (Å²) in [5.41, 5.74) is 8.71. The molecule has 1 aromatic carbocycles. The zero-order valence-corrected chi connectivity index (χ0v) is 12.6. The molecule has 74 valence electrons. The molecule has 0 heterocycles. The van der Waals surface area contributed by atoms with Gasteiger partial charge in [-0.1, -0.05) is 6.07 Å². The zero-order valence-electron chi connectivity index (χ0n) is 8.09. The molecule has 0 bridgehead atoms. The van der Waals surface area contributed by atoms with E-state index in [1.807, 2.05) is 19.9 Å². The van der Waals surface area contributed by atoms with Crippen LogP contribution in [-0.4, -0.2) is 0 Å². The van der Waals surface area contributed by atoms with Crippen molar-refractivity contribution in [3.63, 3.8) is 0 Å². The zero-order chi connectivity index (χ0) is 8.43. The van der Waals surface area contributed by atoms with Gasteiger partial charge in [0.05, 0.1) is 0 Å². The summed E-state index contributed by atoms with van der Waals surface area (Å²) in [5.74, 6) is 0. The van der Waals surface area contributed by atoms with Crippen molar-refractivity contribution in [2.24, 2.45) is 0 Å². The number of halogens is 2. The van der Waals surface area contributed by atoms with E-state index in [1.165, 1.54) is 0 Å². The summed E-state index contributed by atoms with van der Waals surface area (Å²) in [5, 5.41) is 8.48. The Labute approximate surface area is 109 Å². The van der Waals surface area contributed by atoms with E-state index in [4.69, 9.17) is 11.1 Å². The fourth-order valence-electron chi connectivity index (χ4n) is 0.910. The van der Waals surface area contributed by atoms with Crippen LogP contribution < -0.4 is 30.5 Å². The Morgan fingerprint density at radius 2 is 1.71 bits per heavy atom. The molecule has 0 amide bonds. The smallest absolute Gasteiger partial charge is 0.407 e. The molecular formula is C8H10Cl2N3Zn-. The van der Waals surface area contributed by atoms with Gasteiger partial charge in [0.1, 0.15) is 5.69 Å². The minimum absolute atomic E-state index is 0. The average Bonchev–Trinajstić information content (AvgIpc) is 2.01. The SMILES string of the molecule is Cc1ccc([N+]#N)c(N)c1C.[Cl-].[Cl-].[Zn]. The number of aryl methyl sites for hydroxylation is 1. The van der Waals surface area contributed by atoms with Gasteiger partial charge in [0, 0.05) is 25.5 Å². The summed E-state index contributed by atoms with van der Waals surface area (Å²) < 4.78 is 0. The maximum Gasteiger partial charge on any atom is 0.407 e. The van der Waals surface area contributed by atoms with Gasteiger partial charge in [-0.3, -0.25) is 0 Å². The van der Waals surface area contributed by atoms with Gasteiger partial charge in [-0.05, 0) is 25.0 Å². The molecule has 0 aliphatic carbocycles. The summed E-state index contributed by atoms with van der Waals surface area (Å²) >= 11 is 0. The molecule has 0 unspecified atom stereocenters. The molecule has 0 radical (unpaired) electrons. The average molecular weight is 284 g/mol. The largest absolute Gasteiger partial charge is 1.00 e. The minimum atomic E-state index is 0. The van der Waals surface area contributed by atoms with Gasteiger partial charge in [0.25, 0.3) is 0 Å². The van der Waals surface area contributed by atoms with Crippen LogP contribution in [0.5, 0.6) is 0 Å². The van der Waals surface area contributed by atoms with E-state index in [9.17, 15) is 0 Å². The van der Waals surface area contributed by atoms with E-state index in [-0.39, 0.29) is 44.3 Å². The van der Waals surface area contributed by atoms with Crippen LogP contribution in [0.15, 0.2) is 12.1 Å². The van der Waals surface area contributed by atoms with Gasteiger partial charge in [-0.2, -0.15) is 0 Å². The van der Waals surface area contributed by atoms with Gasteiger partial charge in [0.15, 0.2) is 4.98 Å². The third-order valence-electron chi connectivity index (χ3n) is 1.87. The van der Waals surface area contributed by atoms with E-state index in [1.54, 1.807) is 6.07 Å². The van der Waals surface area contributed by atoms with Crippen molar-refractivity contribution in [3.05, 3.63) is 28.2 Å². The molecule has 0 aliphatic heterocycles. The number of anilines is 1. The Balaban J connectivity index is -0.000000403. The number of nitrogens with zero attached hydrogens (tertiary/aromatic N) is 2. The Morgan fingerprint density at radius 1 is 1.21 bits per heavy atom. The third-order valence-corrected chi connectivity index (χ3v) is 1.87. The van der Waals surface area contributed by atoms with Crippen LogP contribution in [0.4, 0.5) is 11.4 Å². The molecule has 0 aliphatic rings. The number of nitrogens with two attached hydrogens (primary N) is 1. The van der Waals surface area contributed by atoms with Gasteiger partial charge in [-0.25, -0.2) is 0 Å². The predicted molar refractivity (Wildman–Crippen MR) is 45.1 cm³/mol. The van der Waals surface area contributed by atoms with Crippen molar-refractivity contribution in [3.8, 4) is 0 Å². The quantitative estimate of drug-likeness (QED) is 0.304. The van der Waals surface area contributed by atoms with Crippen LogP contribution >= 0.6 is 0 Å². The third kappa shape index (κ3) is 3.79. The first-order chi connectivity index (χ1) is 5.16. The summed E-state index contributed by atoms with van der Waals surface area (Å²) in [6.07, 6.45) is 0. The van der Waals surface area contributed by atoms with Crippen LogP contribution in [0, 0.1) is 19.2 Å². The number of benzene rings is 1. The molecule has 0 saturated heterocycles. The van der Waals surface area contributed by atoms with Crippen LogP contribution in [0.25, 0.3) is 4.98 Å². The van der Waals surface area contributed by atoms with Crippen LogP contribution in [0.3, 0.4) is 0 Å². The Bertz CT molecular complexity index is 336.